The van der Waals surface area contributed by atoms with E-state index >= 15 is 0 Å². The van der Waals surface area contributed by atoms with Crippen LogP contribution in [0.5, 0.6) is 0 Å². The fraction of sp³-hybridized carbons (Fsp3) is 0.500. The van der Waals surface area contributed by atoms with Crippen molar-refractivity contribution >= 4 is 10.0 Å². The third-order valence-electron chi connectivity index (χ3n) is 1.43. The summed E-state index contributed by atoms with van der Waals surface area (Å²) >= 11 is 0. The molecule has 7 heteroatoms. The number of aromatic nitrogens is 2. The van der Waals surface area contributed by atoms with Gasteiger partial charge in [0.2, 0.25) is 0 Å². The Morgan fingerprint density at radius 3 is 2.85 bits per heavy atom. The Labute approximate surface area is 76.8 Å². The molecule has 0 atom stereocenters. The standard InChI is InChI=1S/C6H12N4O2S/c1-7-2-3-10-13(11,12)6-4-8-5-9-6/h4-5,7,10H,2-3H2,1H3,(H,8,9). The molecule has 0 bridgehead atoms. The second-order valence-corrected chi connectivity index (χ2v) is 4.15. The topological polar surface area (TPSA) is 86.9 Å². The minimum Gasteiger partial charge on any atom is -0.335 e. The summed E-state index contributed by atoms with van der Waals surface area (Å²) in [6.45, 7) is 0.950. The molecule has 3 N–H and O–H groups in total. The number of sulfonamides is 1. The number of hydrogen-bond donors (Lipinski definition) is 3. The lowest BCUT2D eigenvalue weighted by Crippen LogP contribution is -2.30. The lowest BCUT2D eigenvalue weighted by molar-refractivity contribution is 0.576. The summed E-state index contributed by atoms with van der Waals surface area (Å²) in [5.41, 5.74) is 0. The van der Waals surface area contributed by atoms with E-state index in [1.165, 1.54) is 12.5 Å². The van der Waals surface area contributed by atoms with Gasteiger partial charge < -0.3 is 10.3 Å². The van der Waals surface area contributed by atoms with Crippen molar-refractivity contribution < 1.29 is 8.42 Å². The largest absolute Gasteiger partial charge is 0.335 e. The van der Waals surface area contributed by atoms with E-state index in [0.29, 0.717) is 13.1 Å². The molecule has 0 amide bonds. The third-order valence-corrected chi connectivity index (χ3v) is 2.82. The average Bonchev–Trinajstić information content (AvgIpc) is 2.56. The molecule has 1 rings (SSSR count). The molecule has 0 unspecified atom stereocenters. The molecule has 0 aliphatic heterocycles. The number of imidazole rings is 1. The Hall–Kier alpha value is -0.920. The molecular weight excluding hydrogens is 192 g/mol. The van der Waals surface area contributed by atoms with Gasteiger partial charge in [-0.3, -0.25) is 0 Å². The SMILES string of the molecule is CNCCNS(=O)(=O)c1cnc[nH]1. The van der Waals surface area contributed by atoms with Crippen molar-refractivity contribution in [3.05, 3.63) is 12.5 Å². The zero-order valence-corrected chi connectivity index (χ0v) is 8.06. The van der Waals surface area contributed by atoms with Crippen LogP contribution in [0.4, 0.5) is 0 Å². The van der Waals surface area contributed by atoms with E-state index in [1.807, 2.05) is 0 Å². The maximum Gasteiger partial charge on any atom is 0.257 e. The summed E-state index contributed by atoms with van der Waals surface area (Å²) < 4.78 is 25.1. The number of H-pyrrole nitrogens is 1. The monoisotopic (exact) mass is 204 g/mol. The summed E-state index contributed by atoms with van der Waals surface area (Å²) in [5, 5.41) is 2.92. The van der Waals surface area contributed by atoms with Crippen molar-refractivity contribution in [3.63, 3.8) is 0 Å². The van der Waals surface area contributed by atoms with Gasteiger partial charge in [-0.15, -0.1) is 0 Å². The molecule has 0 radical (unpaired) electrons. The van der Waals surface area contributed by atoms with E-state index in [2.05, 4.69) is 20.0 Å². The number of nitrogens with one attached hydrogen (secondary N) is 3. The van der Waals surface area contributed by atoms with Gasteiger partial charge in [-0.1, -0.05) is 0 Å². The van der Waals surface area contributed by atoms with Crippen molar-refractivity contribution in [3.8, 4) is 0 Å². The number of rotatable bonds is 5. The van der Waals surface area contributed by atoms with Gasteiger partial charge in [0.15, 0.2) is 5.03 Å². The first kappa shape index (κ1) is 10.2. The Morgan fingerprint density at radius 2 is 2.31 bits per heavy atom. The smallest absolute Gasteiger partial charge is 0.257 e. The van der Waals surface area contributed by atoms with Gasteiger partial charge in [-0.05, 0) is 7.05 Å². The summed E-state index contributed by atoms with van der Waals surface area (Å²) in [4.78, 5) is 6.15. The van der Waals surface area contributed by atoms with Crippen LogP contribution in [0.2, 0.25) is 0 Å². The second-order valence-electron chi connectivity index (χ2n) is 2.42. The quantitative estimate of drug-likeness (QED) is 0.532. The molecule has 0 saturated heterocycles. The zero-order chi connectivity index (χ0) is 9.73. The fourth-order valence-electron chi connectivity index (χ4n) is 0.778. The Kier molecular flexibility index (Phi) is 3.40. The number of likely N-dealkylation sites (N-methyl/N-ethyl adjacent to an activating group) is 1. The highest BCUT2D eigenvalue weighted by Crippen LogP contribution is 2.00. The minimum atomic E-state index is -3.40. The molecule has 0 aromatic carbocycles. The molecule has 74 valence electrons. The van der Waals surface area contributed by atoms with Gasteiger partial charge in [-0.2, -0.15) is 0 Å². The predicted molar refractivity (Wildman–Crippen MR) is 47.7 cm³/mol. The lowest BCUT2D eigenvalue weighted by Gasteiger charge is -2.02. The summed E-state index contributed by atoms with van der Waals surface area (Å²) in [6.07, 6.45) is 2.59. The zero-order valence-electron chi connectivity index (χ0n) is 7.24. The molecule has 0 fully saturated rings. The highest BCUT2D eigenvalue weighted by atomic mass is 32.2. The normalized spacial score (nSPS) is 11.8. The average molecular weight is 204 g/mol. The van der Waals surface area contributed by atoms with Gasteiger partial charge in [0, 0.05) is 13.1 Å². The predicted octanol–water partition coefficient (Wildman–Crippen LogP) is -1.09. The molecule has 1 aromatic rings. The maximum absolute atomic E-state index is 11.4. The summed E-state index contributed by atoms with van der Waals surface area (Å²) in [6, 6.07) is 0. The number of aromatic amines is 1. The molecular formula is C6H12N4O2S. The van der Waals surface area contributed by atoms with E-state index in [0.717, 1.165) is 0 Å². The first-order valence-electron chi connectivity index (χ1n) is 3.79. The molecule has 0 spiro atoms. The molecule has 13 heavy (non-hydrogen) atoms. The van der Waals surface area contributed by atoms with Crippen molar-refractivity contribution in [1.82, 2.24) is 20.0 Å². The van der Waals surface area contributed by atoms with Crippen LogP contribution < -0.4 is 10.0 Å². The Morgan fingerprint density at radius 1 is 1.54 bits per heavy atom. The van der Waals surface area contributed by atoms with Crippen LogP contribution in [0.15, 0.2) is 17.6 Å². The van der Waals surface area contributed by atoms with Crippen LogP contribution >= 0.6 is 0 Å². The van der Waals surface area contributed by atoms with E-state index < -0.39 is 10.0 Å². The number of hydrogen-bond acceptors (Lipinski definition) is 4. The van der Waals surface area contributed by atoms with Gasteiger partial charge in [-0.25, -0.2) is 18.1 Å². The minimum absolute atomic E-state index is 0.0867. The van der Waals surface area contributed by atoms with Gasteiger partial charge in [0.1, 0.15) is 0 Å². The van der Waals surface area contributed by atoms with E-state index in [9.17, 15) is 8.42 Å². The molecule has 1 aromatic heterocycles. The van der Waals surface area contributed by atoms with Crippen LogP contribution in [0, 0.1) is 0 Å². The van der Waals surface area contributed by atoms with E-state index in [1.54, 1.807) is 7.05 Å². The first-order chi connectivity index (χ1) is 6.17. The van der Waals surface area contributed by atoms with E-state index in [4.69, 9.17) is 0 Å². The molecule has 0 saturated carbocycles. The molecule has 1 heterocycles. The Bertz CT molecular complexity index is 332. The summed E-state index contributed by atoms with van der Waals surface area (Å²) in [5.74, 6) is 0. The van der Waals surface area contributed by atoms with Crippen LogP contribution in [0.25, 0.3) is 0 Å². The highest BCUT2D eigenvalue weighted by Gasteiger charge is 2.13. The first-order valence-corrected chi connectivity index (χ1v) is 5.28. The van der Waals surface area contributed by atoms with Crippen molar-refractivity contribution in [2.45, 2.75) is 5.03 Å². The van der Waals surface area contributed by atoms with Crippen LogP contribution in [-0.4, -0.2) is 38.5 Å². The van der Waals surface area contributed by atoms with Crippen LogP contribution in [-0.2, 0) is 10.0 Å². The second kappa shape index (κ2) is 4.35. The van der Waals surface area contributed by atoms with Crippen molar-refractivity contribution in [2.24, 2.45) is 0 Å². The van der Waals surface area contributed by atoms with E-state index in [-0.39, 0.29) is 5.03 Å². The Balaban J connectivity index is 2.58. The van der Waals surface area contributed by atoms with Crippen molar-refractivity contribution in [2.75, 3.05) is 20.1 Å². The van der Waals surface area contributed by atoms with Crippen LogP contribution in [0.1, 0.15) is 0 Å². The van der Waals surface area contributed by atoms with Gasteiger partial charge in [0.25, 0.3) is 10.0 Å². The maximum atomic E-state index is 11.4. The third kappa shape index (κ3) is 2.79. The molecule has 6 nitrogen and oxygen atoms in total. The number of nitrogens with zero attached hydrogens (tertiary/aromatic N) is 1. The van der Waals surface area contributed by atoms with Crippen molar-refractivity contribution in [1.29, 1.82) is 0 Å². The lowest BCUT2D eigenvalue weighted by atomic mass is 10.7. The highest BCUT2D eigenvalue weighted by molar-refractivity contribution is 7.89. The van der Waals surface area contributed by atoms with Gasteiger partial charge >= 0.3 is 0 Å². The summed E-state index contributed by atoms with van der Waals surface area (Å²) in [7, 11) is -1.64. The fourth-order valence-corrected chi connectivity index (χ4v) is 1.71. The van der Waals surface area contributed by atoms with Crippen LogP contribution in [0.3, 0.4) is 0 Å². The van der Waals surface area contributed by atoms with Gasteiger partial charge in [0.05, 0.1) is 12.5 Å². The molecule has 0 aliphatic carbocycles. The molecule has 0 aliphatic rings.